The van der Waals surface area contributed by atoms with Crippen LogP contribution < -0.4 is 9.47 Å². The third-order valence-corrected chi connectivity index (χ3v) is 6.06. The molecule has 6 nitrogen and oxygen atoms in total. The van der Waals surface area contributed by atoms with Gasteiger partial charge in [-0.2, -0.15) is 0 Å². The zero-order chi connectivity index (χ0) is 22.6. The highest BCUT2D eigenvalue weighted by molar-refractivity contribution is 8.26. The number of carbonyl (C=O) groups excluding carboxylic acids is 2. The van der Waals surface area contributed by atoms with E-state index in [0.29, 0.717) is 46.9 Å². The zero-order valence-corrected chi connectivity index (χ0v) is 20.1. The summed E-state index contributed by atoms with van der Waals surface area (Å²) in [4.78, 5) is 26.2. The number of benzene rings is 1. The summed E-state index contributed by atoms with van der Waals surface area (Å²) in [5.41, 5.74) is 0.866. The van der Waals surface area contributed by atoms with Gasteiger partial charge >= 0.3 is 5.97 Å². The number of rotatable bonds is 13. The Morgan fingerprint density at radius 3 is 2.65 bits per heavy atom. The first kappa shape index (κ1) is 25.2. The van der Waals surface area contributed by atoms with E-state index in [-0.39, 0.29) is 11.9 Å². The van der Waals surface area contributed by atoms with Crippen LogP contribution in [0.3, 0.4) is 0 Å². The highest BCUT2D eigenvalue weighted by atomic mass is 32.2. The van der Waals surface area contributed by atoms with Gasteiger partial charge in [-0.3, -0.25) is 14.5 Å². The first-order valence-corrected chi connectivity index (χ1v) is 11.9. The lowest BCUT2D eigenvalue weighted by molar-refractivity contribution is -0.140. The van der Waals surface area contributed by atoms with Crippen LogP contribution in [0.1, 0.15) is 57.9 Å². The predicted octanol–water partition coefficient (Wildman–Crippen LogP) is 5.20. The lowest BCUT2D eigenvalue weighted by atomic mass is 10.1. The Hall–Kier alpha value is -2.06. The Morgan fingerprint density at radius 2 is 1.94 bits per heavy atom. The molecule has 1 aromatic carbocycles. The van der Waals surface area contributed by atoms with Crippen LogP contribution >= 0.6 is 24.0 Å². The molecular formula is C23H31NO5S2. The van der Waals surface area contributed by atoms with Gasteiger partial charge in [0.25, 0.3) is 5.91 Å². The Balaban J connectivity index is 1.99. The molecule has 0 spiro atoms. The summed E-state index contributed by atoms with van der Waals surface area (Å²) >= 11 is 6.72. The Morgan fingerprint density at radius 1 is 1.13 bits per heavy atom. The Bertz CT molecular complexity index is 809. The van der Waals surface area contributed by atoms with Gasteiger partial charge in [-0.05, 0) is 50.0 Å². The fraction of sp³-hybridized carbons (Fsp3) is 0.522. The third kappa shape index (κ3) is 7.85. The van der Waals surface area contributed by atoms with Crippen molar-refractivity contribution < 1.29 is 23.8 Å². The summed E-state index contributed by atoms with van der Waals surface area (Å²) in [7, 11) is 1.39. The van der Waals surface area contributed by atoms with Crippen LogP contribution in [0.4, 0.5) is 0 Å². The molecule has 8 heteroatoms. The first-order valence-electron chi connectivity index (χ1n) is 10.7. The van der Waals surface area contributed by atoms with E-state index in [0.717, 1.165) is 37.7 Å². The van der Waals surface area contributed by atoms with E-state index in [2.05, 4.69) is 11.7 Å². The van der Waals surface area contributed by atoms with Gasteiger partial charge in [-0.1, -0.05) is 49.8 Å². The number of thiocarbonyl (C=S) groups is 1. The van der Waals surface area contributed by atoms with Crippen molar-refractivity contribution >= 4 is 46.3 Å². The summed E-state index contributed by atoms with van der Waals surface area (Å²) in [5, 5.41) is 0. The van der Waals surface area contributed by atoms with Crippen LogP contribution in [0, 0.1) is 0 Å². The van der Waals surface area contributed by atoms with E-state index in [9.17, 15) is 9.59 Å². The van der Waals surface area contributed by atoms with E-state index in [4.69, 9.17) is 21.7 Å². The van der Waals surface area contributed by atoms with Crippen molar-refractivity contribution in [2.75, 3.05) is 26.9 Å². The minimum Gasteiger partial charge on any atom is -0.490 e. The Kier molecular flexibility index (Phi) is 10.9. The minimum absolute atomic E-state index is 0.0794. The molecule has 2 rings (SSSR count). The molecule has 1 aromatic rings. The van der Waals surface area contributed by atoms with Crippen molar-refractivity contribution in [2.45, 2.75) is 52.4 Å². The molecule has 0 saturated carbocycles. The van der Waals surface area contributed by atoms with Crippen molar-refractivity contribution in [1.29, 1.82) is 0 Å². The molecule has 0 unspecified atom stereocenters. The number of unbranched alkanes of at least 4 members (excludes halogenated alkanes) is 3. The number of methoxy groups -OCH3 is 1. The fourth-order valence-corrected chi connectivity index (χ4v) is 4.30. The molecule has 170 valence electrons. The molecule has 31 heavy (non-hydrogen) atoms. The standard InChI is InChI=1S/C23H31NO5S2/c1-4-6-14-29-18-12-11-17(15-19(18)28-5-2)16-20-22(26)24(23(30)31-20)13-9-7-8-10-21(25)27-3/h11-12,15-16H,4-10,13-14H2,1-3H3/b20-16-. The maximum Gasteiger partial charge on any atom is 0.305 e. The van der Waals surface area contributed by atoms with E-state index in [1.54, 1.807) is 4.90 Å². The zero-order valence-electron chi connectivity index (χ0n) is 18.5. The summed E-state index contributed by atoms with van der Waals surface area (Å²) in [5.74, 6) is 1.10. The van der Waals surface area contributed by atoms with Gasteiger partial charge in [0.05, 0.1) is 25.2 Å². The maximum absolute atomic E-state index is 12.8. The summed E-state index contributed by atoms with van der Waals surface area (Å²) in [6, 6.07) is 5.70. The molecule has 1 aliphatic heterocycles. The largest absolute Gasteiger partial charge is 0.490 e. The second-order valence-corrected chi connectivity index (χ2v) is 8.74. The molecular weight excluding hydrogens is 434 g/mol. The van der Waals surface area contributed by atoms with Gasteiger partial charge in [-0.25, -0.2) is 0 Å². The number of carbonyl (C=O) groups is 2. The molecule has 1 amide bonds. The third-order valence-electron chi connectivity index (χ3n) is 4.68. The summed E-state index contributed by atoms with van der Waals surface area (Å²) in [6.45, 7) is 5.78. The number of hydrogen-bond donors (Lipinski definition) is 0. The lowest BCUT2D eigenvalue weighted by Crippen LogP contribution is -2.29. The average molecular weight is 466 g/mol. The number of hydrogen-bond acceptors (Lipinski definition) is 7. The normalized spacial score (nSPS) is 14.9. The van der Waals surface area contributed by atoms with E-state index in [1.807, 2.05) is 31.2 Å². The van der Waals surface area contributed by atoms with E-state index in [1.165, 1.54) is 18.9 Å². The van der Waals surface area contributed by atoms with Crippen molar-refractivity contribution in [2.24, 2.45) is 0 Å². The maximum atomic E-state index is 12.8. The molecule has 0 N–H and O–H groups in total. The van der Waals surface area contributed by atoms with Crippen LogP contribution in [-0.2, 0) is 14.3 Å². The highest BCUT2D eigenvalue weighted by Crippen LogP contribution is 2.35. The SMILES string of the molecule is CCCCOc1ccc(/C=C2\SC(=S)N(CCCCCC(=O)OC)C2=O)cc1OCC. The van der Waals surface area contributed by atoms with Crippen molar-refractivity contribution in [3.8, 4) is 11.5 Å². The summed E-state index contributed by atoms with van der Waals surface area (Å²) < 4.78 is 16.8. The lowest BCUT2D eigenvalue weighted by Gasteiger charge is -2.14. The predicted molar refractivity (Wildman–Crippen MR) is 128 cm³/mol. The van der Waals surface area contributed by atoms with Gasteiger partial charge in [-0.15, -0.1) is 0 Å². The molecule has 0 atom stereocenters. The van der Waals surface area contributed by atoms with Gasteiger partial charge in [0, 0.05) is 13.0 Å². The molecule has 1 aliphatic rings. The number of ether oxygens (including phenoxy) is 3. The smallest absolute Gasteiger partial charge is 0.305 e. The van der Waals surface area contributed by atoms with Crippen LogP contribution in [0.5, 0.6) is 11.5 Å². The van der Waals surface area contributed by atoms with Gasteiger partial charge in [0.15, 0.2) is 11.5 Å². The first-order chi connectivity index (χ1) is 15.0. The minimum atomic E-state index is -0.207. The van der Waals surface area contributed by atoms with Crippen molar-refractivity contribution in [3.05, 3.63) is 28.7 Å². The van der Waals surface area contributed by atoms with Crippen LogP contribution in [0.15, 0.2) is 23.1 Å². The monoisotopic (exact) mass is 465 g/mol. The molecule has 1 heterocycles. The van der Waals surface area contributed by atoms with Crippen molar-refractivity contribution in [3.63, 3.8) is 0 Å². The molecule has 0 bridgehead atoms. The second kappa shape index (κ2) is 13.4. The van der Waals surface area contributed by atoms with Crippen LogP contribution in [0.2, 0.25) is 0 Å². The molecule has 1 fully saturated rings. The Labute approximate surface area is 194 Å². The topological polar surface area (TPSA) is 65.1 Å². The van der Waals surface area contributed by atoms with Crippen LogP contribution in [-0.4, -0.2) is 48.0 Å². The fourth-order valence-electron chi connectivity index (χ4n) is 2.99. The number of esters is 1. The van der Waals surface area contributed by atoms with E-state index < -0.39 is 0 Å². The van der Waals surface area contributed by atoms with Gasteiger partial charge in [0.1, 0.15) is 4.32 Å². The van der Waals surface area contributed by atoms with E-state index >= 15 is 0 Å². The second-order valence-electron chi connectivity index (χ2n) is 7.06. The molecule has 0 aromatic heterocycles. The number of amides is 1. The van der Waals surface area contributed by atoms with Crippen LogP contribution in [0.25, 0.3) is 6.08 Å². The van der Waals surface area contributed by atoms with Crippen molar-refractivity contribution in [1.82, 2.24) is 4.90 Å². The molecule has 1 saturated heterocycles. The quantitative estimate of drug-likeness (QED) is 0.172. The van der Waals surface area contributed by atoms with Gasteiger partial charge < -0.3 is 14.2 Å². The summed E-state index contributed by atoms with van der Waals surface area (Å²) in [6.07, 6.45) is 6.65. The molecule has 0 radical (unpaired) electrons. The molecule has 0 aliphatic carbocycles. The number of thioether (sulfide) groups is 1. The highest BCUT2D eigenvalue weighted by Gasteiger charge is 2.31. The van der Waals surface area contributed by atoms with Gasteiger partial charge in [0.2, 0.25) is 0 Å². The number of nitrogens with zero attached hydrogens (tertiary/aromatic N) is 1. The average Bonchev–Trinajstić information content (AvgIpc) is 3.02.